The maximum Gasteiger partial charge on any atom is 0.308 e. The average Bonchev–Trinajstić information content (AvgIpc) is 3.26. The number of carbonyl (C=O) groups is 4. The lowest BCUT2D eigenvalue weighted by Crippen LogP contribution is -2.67. The molecule has 4 aromatic carbocycles. The standard InChI is InChI=1S/C48H49N3O14/c1-22-44(59)48(61,62)45(60)47(63-22)65-43-32-11-5-9-28(49)13-14-29(55)17-25-7-3-6-24(16-25)12-15-31-35(64-23(2)54)19-27(20-52)36-37(31)42(58)38(32)39(41(36)57)40(56)33(43)18-26-8-4-10-30(46(50)51)34(26)21-53/h3-4,6-8,10,12,15-16,19,21-22,28-29,44-47,52,55-56,59-62H,11,13-14,17-18,20,49-51H2,1-2H3/b15-12-/t22-,28-,29-,44+,45-,47+/m0/s1. The van der Waals surface area contributed by atoms with Crippen molar-refractivity contribution < 1.29 is 69.1 Å². The molecule has 1 fully saturated rings. The Hall–Kier alpha value is -6.14. The number of carbonyl (C=O) groups excluding carboxylic acids is 4. The van der Waals surface area contributed by atoms with Crippen LogP contribution in [0.2, 0.25) is 0 Å². The largest absolute Gasteiger partial charge is 0.507 e. The minimum absolute atomic E-state index is 0.0129. The molecule has 3 aliphatic rings. The van der Waals surface area contributed by atoms with Crippen molar-refractivity contribution in [2.45, 2.75) is 101 Å². The highest BCUT2D eigenvalue weighted by Gasteiger charge is 2.55. The summed E-state index contributed by atoms with van der Waals surface area (Å²) >= 11 is 0. The number of ketones is 2. The number of nitrogens with two attached hydrogens (primary N) is 3. The highest BCUT2D eigenvalue weighted by Crippen LogP contribution is 2.48. The summed E-state index contributed by atoms with van der Waals surface area (Å²) in [5.41, 5.74) is 17.9. The van der Waals surface area contributed by atoms with Gasteiger partial charge in [-0.3, -0.25) is 19.2 Å². The molecule has 6 atom stereocenters. The molecule has 0 amide bonds. The fourth-order valence-corrected chi connectivity index (χ4v) is 8.56. The van der Waals surface area contributed by atoms with Gasteiger partial charge < -0.3 is 67.2 Å². The van der Waals surface area contributed by atoms with E-state index in [0.717, 1.165) is 12.5 Å². The molecule has 1 aliphatic heterocycles. The number of phenolic OH excluding ortho intramolecular Hbond substituents is 1. The van der Waals surface area contributed by atoms with Gasteiger partial charge in [-0.1, -0.05) is 60.4 Å². The number of phenols is 1. The van der Waals surface area contributed by atoms with Gasteiger partial charge in [0.15, 0.2) is 24.0 Å². The summed E-state index contributed by atoms with van der Waals surface area (Å²) in [6.45, 7) is 1.56. The van der Waals surface area contributed by atoms with Crippen LogP contribution in [0.4, 0.5) is 0 Å². The molecule has 17 heteroatoms. The molecule has 1 saturated heterocycles. The first-order valence-electron chi connectivity index (χ1n) is 20.8. The molecule has 4 aromatic rings. The minimum Gasteiger partial charge on any atom is -0.507 e. The number of fused-ring (bicyclic) bond motifs is 2. The predicted molar refractivity (Wildman–Crippen MR) is 232 cm³/mol. The van der Waals surface area contributed by atoms with Crippen LogP contribution in [0.1, 0.15) is 120 Å². The highest BCUT2D eigenvalue weighted by molar-refractivity contribution is 6.32. The van der Waals surface area contributed by atoms with Crippen LogP contribution >= 0.6 is 0 Å². The Kier molecular flexibility index (Phi) is 13.5. The van der Waals surface area contributed by atoms with Crippen molar-refractivity contribution in [3.05, 3.63) is 121 Å². The Morgan fingerprint density at radius 2 is 1.69 bits per heavy atom. The summed E-state index contributed by atoms with van der Waals surface area (Å²) in [6, 6.07) is 12.1. The number of aldehydes is 1. The molecule has 0 unspecified atom stereocenters. The zero-order valence-corrected chi connectivity index (χ0v) is 35.4. The maximum atomic E-state index is 15.5. The second-order valence-corrected chi connectivity index (χ2v) is 16.4. The van der Waals surface area contributed by atoms with Gasteiger partial charge >= 0.3 is 5.97 Å². The van der Waals surface area contributed by atoms with Gasteiger partial charge in [0.25, 0.3) is 0 Å². The van der Waals surface area contributed by atoms with Gasteiger partial charge in [-0.05, 0) is 66.1 Å². The van der Waals surface area contributed by atoms with E-state index in [1.807, 2.05) is 6.07 Å². The summed E-state index contributed by atoms with van der Waals surface area (Å²) in [4.78, 5) is 55.9. The number of hydrogen-bond donors (Lipinski definition) is 10. The minimum atomic E-state index is -3.21. The number of benzene rings is 4. The van der Waals surface area contributed by atoms with E-state index in [2.05, 4.69) is 11.8 Å². The third-order valence-corrected chi connectivity index (χ3v) is 11.8. The summed E-state index contributed by atoms with van der Waals surface area (Å²) in [6.07, 6.45) is -6.43. The molecule has 4 bridgehead atoms. The number of esters is 1. The van der Waals surface area contributed by atoms with Gasteiger partial charge in [0, 0.05) is 58.7 Å². The first kappa shape index (κ1) is 46.8. The lowest BCUT2D eigenvalue weighted by Gasteiger charge is -2.44. The van der Waals surface area contributed by atoms with E-state index in [9.17, 15) is 45.3 Å². The molecule has 13 N–H and O–H groups in total. The molecule has 1 heterocycles. The van der Waals surface area contributed by atoms with Gasteiger partial charge in [0.05, 0.1) is 36.6 Å². The van der Waals surface area contributed by atoms with Crippen LogP contribution < -0.4 is 26.7 Å². The Balaban J connectivity index is 1.58. The number of aliphatic hydroxyl groups excluding tert-OH is 4. The predicted octanol–water partition coefficient (Wildman–Crippen LogP) is 1.17. The van der Waals surface area contributed by atoms with Crippen molar-refractivity contribution in [2.24, 2.45) is 17.2 Å². The van der Waals surface area contributed by atoms with E-state index in [-0.39, 0.29) is 75.1 Å². The van der Waals surface area contributed by atoms with Crippen LogP contribution in [0.15, 0.2) is 48.5 Å². The Labute approximate surface area is 372 Å². The maximum absolute atomic E-state index is 15.5. The lowest BCUT2D eigenvalue weighted by molar-refractivity contribution is -0.371. The van der Waals surface area contributed by atoms with Crippen LogP contribution in [0.5, 0.6) is 17.2 Å². The van der Waals surface area contributed by atoms with E-state index >= 15 is 9.59 Å². The van der Waals surface area contributed by atoms with Crippen LogP contribution in [-0.2, 0) is 35.4 Å². The van der Waals surface area contributed by atoms with Crippen LogP contribution in [0, 0.1) is 11.8 Å². The van der Waals surface area contributed by atoms with E-state index in [4.69, 9.17) is 31.4 Å². The molecular formula is C48H49N3O14. The molecule has 65 heavy (non-hydrogen) atoms. The lowest BCUT2D eigenvalue weighted by atomic mass is 9.75. The van der Waals surface area contributed by atoms with E-state index < -0.39 is 108 Å². The van der Waals surface area contributed by atoms with Crippen LogP contribution in [-0.4, -0.2) is 102 Å². The average molecular weight is 892 g/mol. The Morgan fingerprint density at radius 1 is 0.969 bits per heavy atom. The quantitative estimate of drug-likeness (QED) is 0.0344. The topological polar surface area (TPSA) is 316 Å². The number of rotatable bonds is 8. The van der Waals surface area contributed by atoms with Gasteiger partial charge in [-0.25, -0.2) is 0 Å². The number of aliphatic hydroxyl groups is 6. The molecule has 340 valence electrons. The Bertz CT molecular complexity index is 2680. The zero-order valence-electron chi connectivity index (χ0n) is 35.4. The van der Waals surface area contributed by atoms with Crippen molar-refractivity contribution in [1.29, 1.82) is 0 Å². The molecule has 7 rings (SSSR count). The monoisotopic (exact) mass is 891 g/mol. The van der Waals surface area contributed by atoms with Gasteiger partial charge in [-0.15, -0.1) is 0 Å². The third-order valence-electron chi connectivity index (χ3n) is 11.8. The normalized spacial score (nSPS) is 23.1. The van der Waals surface area contributed by atoms with Gasteiger partial charge in [0.2, 0.25) is 12.1 Å². The second kappa shape index (κ2) is 18.8. The fourth-order valence-electron chi connectivity index (χ4n) is 8.56. The molecule has 17 nitrogen and oxygen atoms in total. The third kappa shape index (κ3) is 8.97. The summed E-state index contributed by atoms with van der Waals surface area (Å²) < 4.78 is 17.6. The van der Waals surface area contributed by atoms with Crippen molar-refractivity contribution in [3.63, 3.8) is 0 Å². The van der Waals surface area contributed by atoms with E-state index in [0.29, 0.717) is 11.8 Å². The molecule has 0 saturated carbocycles. The van der Waals surface area contributed by atoms with Gasteiger partial charge in [-0.2, -0.15) is 0 Å². The molecule has 0 radical (unpaired) electrons. The molecule has 2 aliphatic carbocycles. The summed E-state index contributed by atoms with van der Waals surface area (Å²) in [5, 5.41) is 77.7. The second-order valence-electron chi connectivity index (χ2n) is 16.4. The van der Waals surface area contributed by atoms with Crippen LogP contribution in [0.25, 0.3) is 12.2 Å². The SMILES string of the molecule is CC(=O)Oc1cc(CO)c2c3c1/C=C\c1cccc(c1)C[C@@H](O)CC[C@@H](N)C#CCc1c(O[C@H]4O[C@@H](C)[C@@H](O)C(O)(O)[C@H]4O)c(Cc4cccc(C(N)N)c4C=O)c(O)c(c1C3=O)C2=O. The van der Waals surface area contributed by atoms with Crippen LogP contribution in [0.3, 0.4) is 0 Å². The van der Waals surface area contributed by atoms with Gasteiger partial charge in [0.1, 0.15) is 23.4 Å². The number of ether oxygens (including phenoxy) is 3. The first-order valence-corrected chi connectivity index (χ1v) is 20.8. The zero-order chi connectivity index (χ0) is 47.1. The fraction of sp³-hybridized carbons (Fsp3) is 0.333. The number of aromatic hydroxyl groups is 1. The summed E-state index contributed by atoms with van der Waals surface area (Å²) in [7, 11) is 0. The Morgan fingerprint density at radius 3 is 2.38 bits per heavy atom. The van der Waals surface area contributed by atoms with E-state index in [1.165, 1.54) is 37.3 Å². The molecule has 0 spiro atoms. The molecular weight excluding hydrogens is 843 g/mol. The van der Waals surface area contributed by atoms with Crippen molar-refractivity contribution in [2.75, 3.05) is 0 Å². The number of hydrogen-bond acceptors (Lipinski definition) is 17. The highest BCUT2D eigenvalue weighted by atomic mass is 16.7. The summed E-state index contributed by atoms with van der Waals surface area (Å²) in [5.74, 6) is -1.55. The molecule has 0 aromatic heterocycles. The first-order chi connectivity index (χ1) is 30.9. The van der Waals surface area contributed by atoms with E-state index in [1.54, 1.807) is 24.3 Å². The van der Waals surface area contributed by atoms with Crippen molar-refractivity contribution in [1.82, 2.24) is 0 Å². The van der Waals surface area contributed by atoms with Crippen molar-refractivity contribution in [3.8, 4) is 29.1 Å². The smallest absolute Gasteiger partial charge is 0.308 e. The van der Waals surface area contributed by atoms with Crippen molar-refractivity contribution >= 4 is 36.0 Å².